The summed E-state index contributed by atoms with van der Waals surface area (Å²) < 4.78 is 13.1. The van der Waals surface area contributed by atoms with Crippen molar-refractivity contribution in [3.8, 4) is 0 Å². The van der Waals surface area contributed by atoms with Gasteiger partial charge in [-0.15, -0.1) is 0 Å². The lowest BCUT2D eigenvalue weighted by Gasteiger charge is -2.34. The molecule has 2 N–H and O–H groups in total. The normalized spacial score (nSPS) is 18.6. The maximum Gasteiger partial charge on any atom is 0.141 e. The monoisotopic (exact) mass is 275 g/mol. The fourth-order valence-electron chi connectivity index (χ4n) is 2.76. The maximum atomic E-state index is 13.1. The van der Waals surface area contributed by atoms with Gasteiger partial charge in [0.15, 0.2) is 0 Å². The molecule has 2 aromatic rings. The zero-order chi connectivity index (χ0) is 13.4. The predicted octanol–water partition coefficient (Wildman–Crippen LogP) is 3.69. The lowest BCUT2D eigenvalue weighted by atomic mass is 9.72. The molecule has 0 amide bonds. The molecule has 1 aliphatic rings. The van der Waals surface area contributed by atoms with Crippen molar-refractivity contribution in [1.82, 2.24) is 0 Å². The van der Waals surface area contributed by atoms with Gasteiger partial charge in [-0.1, -0.05) is 41.9 Å². The van der Waals surface area contributed by atoms with Crippen LogP contribution in [0.15, 0.2) is 42.5 Å². The first-order valence-corrected chi connectivity index (χ1v) is 6.80. The molecular formula is C16H15ClFN. The molecule has 0 heterocycles. The van der Waals surface area contributed by atoms with Crippen LogP contribution in [-0.4, -0.2) is 6.04 Å². The Labute approximate surface area is 117 Å². The van der Waals surface area contributed by atoms with Crippen molar-refractivity contribution in [2.45, 2.75) is 24.8 Å². The second-order valence-electron chi connectivity index (χ2n) is 5.13. The summed E-state index contributed by atoms with van der Waals surface area (Å²) in [4.78, 5) is 0. The van der Waals surface area contributed by atoms with Gasteiger partial charge in [0.05, 0.1) is 5.02 Å². The Morgan fingerprint density at radius 1 is 1.26 bits per heavy atom. The minimum Gasteiger partial charge on any atom is -0.327 e. The number of fused-ring (bicyclic) bond motifs is 1. The number of rotatable bonds is 3. The number of hydrogen-bond acceptors (Lipinski definition) is 1. The summed E-state index contributed by atoms with van der Waals surface area (Å²) >= 11 is 5.79. The molecule has 0 aromatic heterocycles. The van der Waals surface area contributed by atoms with Gasteiger partial charge < -0.3 is 5.73 Å². The van der Waals surface area contributed by atoms with Gasteiger partial charge in [-0.25, -0.2) is 4.39 Å². The van der Waals surface area contributed by atoms with Crippen LogP contribution in [0.5, 0.6) is 0 Å². The van der Waals surface area contributed by atoms with Crippen LogP contribution in [0.3, 0.4) is 0 Å². The van der Waals surface area contributed by atoms with Crippen LogP contribution in [0.4, 0.5) is 4.39 Å². The molecule has 1 aliphatic carbocycles. The topological polar surface area (TPSA) is 26.0 Å². The summed E-state index contributed by atoms with van der Waals surface area (Å²) in [6, 6.07) is 13.3. The summed E-state index contributed by atoms with van der Waals surface area (Å²) in [5.74, 6) is 0.0213. The minimum absolute atomic E-state index is 0.0522. The van der Waals surface area contributed by atoms with E-state index < -0.39 is 0 Å². The highest BCUT2D eigenvalue weighted by Gasteiger charge is 2.30. The molecule has 0 spiro atoms. The molecule has 1 nitrogen and oxygen atoms in total. The van der Waals surface area contributed by atoms with Crippen LogP contribution in [0, 0.1) is 5.82 Å². The zero-order valence-electron chi connectivity index (χ0n) is 10.4. The van der Waals surface area contributed by atoms with Crippen LogP contribution in [0.2, 0.25) is 5.02 Å². The Bertz CT molecular complexity index is 611. The molecule has 0 fully saturated rings. The highest BCUT2D eigenvalue weighted by Crippen LogP contribution is 2.37. The SMILES string of the molecule is NC(Cc1ccc(F)c(Cl)c1)C1Cc2ccccc21. The van der Waals surface area contributed by atoms with Crippen molar-refractivity contribution < 1.29 is 4.39 Å². The first-order valence-electron chi connectivity index (χ1n) is 6.42. The van der Waals surface area contributed by atoms with E-state index in [9.17, 15) is 4.39 Å². The van der Waals surface area contributed by atoms with Crippen LogP contribution < -0.4 is 5.73 Å². The molecule has 0 aliphatic heterocycles. The minimum atomic E-state index is -0.382. The molecule has 98 valence electrons. The molecular weight excluding hydrogens is 261 g/mol. The molecule has 0 radical (unpaired) electrons. The predicted molar refractivity (Wildman–Crippen MR) is 76.0 cm³/mol. The Kier molecular flexibility index (Phi) is 3.29. The molecule has 2 aromatic carbocycles. The van der Waals surface area contributed by atoms with E-state index in [1.807, 2.05) is 6.07 Å². The van der Waals surface area contributed by atoms with Gasteiger partial charge in [0.25, 0.3) is 0 Å². The lowest BCUT2D eigenvalue weighted by molar-refractivity contribution is 0.480. The van der Waals surface area contributed by atoms with Gasteiger partial charge in [0.2, 0.25) is 0 Å². The number of halogens is 2. The van der Waals surface area contributed by atoms with E-state index in [1.54, 1.807) is 12.1 Å². The number of hydrogen-bond donors (Lipinski definition) is 1. The summed E-state index contributed by atoms with van der Waals surface area (Å²) in [7, 11) is 0. The van der Waals surface area contributed by atoms with Gasteiger partial charge in [-0.05, 0) is 41.7 Å². The lowest BCUT2D eigenvalue weighted by Crippen LogP contribution is -2.37. The van der Waals surface area contributed by atoms with Crippen molar-refractivity contribution in [2.24, 2.45) is 5.73 Å². The van der Waals surface area contributed by atoms with Crippen molar-refractivity contribution in [3.63, 3.8) is 0 Å². The van der Waals surface area contributed by atoms with Gasteiger partial charge >= 0.3 is 0 Å². The van der Waals surface area contributed by atoms with Gasteiger partial charge in [0, 0.05) is 12.0 Å². The fourth-order valence-corrected chi connectivity index (χ4v) is 2.96. The molecule has 3 heteroatoms. The quantitative estimate of drug-likeness (QED) is 0.908. The third-order valence-electron chi connectivity index (χ3n) is 3.87. The van der Waals surface area contributed by atoms with Crippen molar-refractivity contribution in [1.29, 1.82) is 0 Å². The van der Waals surface area contributed by atoms with Crippen LogP contribution in [-0.2, 0) is 12.8 Å². The zero-order valence-corrected chi connectivity index (χ0v) is 11.2. The maximum absolute atomic E-state index is 13.1. The molecule has 0 saturated carbocycles. The van der Waals surface area contributed by atoms with Crippen molar-refractivity contribution in [3.05, 3.63) is 70.0 Å². The average molecular weight is 276 g/mol. The van der Waals surface area contributed by atoms with Gasteiger partial charge in [-0.2, -0.15) is 0 Å². The fraction of sp³-hybridized carbons (Fsp3) is 0.250. The third kappa shape index (κ3) is 2.38. The average Bonchev–Trinajstić information content (AvgIpc) is 2.35. The summed E-state index contributed by atoms with van der Waals surface area (Å²) in [5.41, 5.74) is 10.0. The Morgan fingerprint density at radius 2 is 2.05 bits per heavy atom. The van der Waals surface area contributed by atoms with Crippen LogP contribution >= 0.6 is 11.6 Å². The Balaban J connectivity index is 1.73. The molecule has 0 saturated heterocycles. The van der Waals surface area contributed by atoms with E-state index in [2.05, 4.69) is 18.2 Å². The second-order valence-corrected chi connectivity index (χ2v) is 5.53. The van der Waals surface area contributed by atoms with Gasteiger partial charge in [-0.3, -0.25) is 0 Å². The molecule has 2 unspecified atom stereocenters. The molecule has 3 rings (SSSR count). The van der Waals surface area contributed by atoms with E-state index in [4.69, 9.17) is 17.3 Å². The van der Waals surface area contributed by atoms with Crippen molar-refractivity contribution in [2.75, 3.05) is 0 Å². The van der Waals surface area contributed by atoms with E-state index >= 15 is 0 Å². The summed E-state index contributed by atoms with van der Waals surface area (Å²) in [5, 5.41) is 0.165. The van der Waals surface area contributed by atoms with Crippen LogP contribution in [0.25, 0.3) is 0 Å². The Hall–Kier alpha value is -1.38. The highest BCUT2D eigenvalue weighted by atomic mass is 35.5. The van der Waals surface area contributed by atoms with E-state index in [0.29, 0.717) is 5.92 Å². The Morgan fingerprint density at radius 3 is 2.79 bits per heavy atom. The van der Waals surface area contributed by atoms with Crippen LogP contribution in [0.1, 0.15) is 22.6 Å². The summed E-state index contributed by atoms with van der Waals surface area (Å²) in [6.45, 7) is 0. The molecule has 2 atom stereocenters. The molecule has 0 bridgehead atoms. The first kappa shape index (κ1) is 12.6. The highest BCUT2D eigenvalue weighted by molar-refractivity contribution is 6.30. The molecule has 19 heavy (non-hydrogen) atoms. The first-order chi connectivity index (χ1) is 9.15. The van der Waals surface area contributed by atoms with Gasteiger partial charge in [0.1, 0.15) is 5.82 Å². The summed E-state index contributed by atoms with van der Waals surface area (Å²) in [6.07, 6.45) is 1.76. The smallest absolute Gasteiger partial charge is 0.141 e. The second kappa shape index (κ2) is 4.95. The van der Waals surface area contributed by atoms with Crippen molar-refractivity contribution >= 4 is 11.6 Å². The van der Waals surface area contributed by atoms with E-state index in [0.717, 1.165) is 18.4 Å². The number of nitrogens with two attached hydrogens (primary N) is 1. The largest absolute Gasteiger partial charge is 0.327 e. The number of benzene rings is 2. The standard InChI is InChI=1S/C16H15ClFN/c17-14-7-10(5-6-15(14)18)8-16(19)13-9-11-3-1-2-4-12(11)13/h1-7,13,16H,8-9,19H2. The van der Waals surface area contributed by atoms with E-state index in [1.165, 1.54) is 17.2 Å². The van der Waals surface area contributed by atoms with E-state index in [-0.39, 0.29) is 16.9 Å². The third-order valence-corrected chi connectivity index (χ3v) is 4.16.